The van der Waals surface area contributed by atoms with Crippen molar-refractivity contribution in [2.75, 3.05) is 26.2 Å². The third kappa shape index (κ3) is 3.63. The Balaban J connectivity index is 2.07. The van der Waals surface area contributed by atoms with Crippen molar-refractivity contribution in [3.63, 3.8) is 0 Å². The maximum absolute atomic E-state index is 12.3. The van der Waals surface area contributed by atoms with E-state index in [0.29, 0.717) is 41.8 Å². The van der Waals surface area contributed by atoms with E-state index in [9.17, 15) is 13.2 Å². The van der Waals surface area contributed by atoms with Crippen molar-refractivity contribution < 1.29 is 13.2 Å². The van der Waals surface area contributed by atoms with Crippen molar-refractivity contribution >= 4 is 39.6 Å². The van der Waals surface area contributed by atoms with Gasteiger partial charge in [-0.15, -0.1) is 0 Å². The normalized spacial score (nSPS) is 17.2. The van der Waals surface area contributed by atoms with Crippen molar-refractivity contribution in [1.82, 2.24) is 9.21 Å². The van der Waals surface area contributed by atoms with Gasteiger partial charge in [0.2, 0.25) is 16.4 Å². The summed E-state index contributed by atoms with van der Waals surface area (Å²) in [6.07, 6.45) is 0.739. The SMILES string of the molecule is O=CN1CCN(S(=O)(=O)Cc2ccc(Cl)c(Cl)c2)CC1. The van der Waals surface area contributed by atoms with Gasteiger partial charge in [0.15, 0.2) is 0 Å². The second kappa shape index (κ2) is 6.30. The smallest absolute Gasteiger partial charge is 0.218 e. The predicted octanol–water partition coefficient (Wildman–Crippen LogP) is 1.60. The Hall–Kier alpha value is -0.820. The summed E-state index contributed by atoms with van der Waals surface area (Å²) in [5.74, 6) is -0.120. The van der Waals surface area contributed by atoms with Crippen LogP contribution in [0.5, 0.6) is 0 Å². The zero-order valence-corrected chi connectivity index (χ0v) is 13.0. The van der Waals surface area contributed by atoms with E-state index in [2.05, 4.69) is 0 Å². The highest BCUT2D eigenvalue weighted by Gasteiger charge is 2.26. The first kappa shape index (κ1) is 15.6. The molecular formula is C12H14Cl2N2O3S. The molecule has 110 valence electrons. The molecule has 1 saturated heterocycles. The van der Waals surface area contributed by atoms with E-state index >= 15 is 0 Å². The molecule has 5 nitrogen and oxygen atoms in total. The van der Waals surface area contributed by atoms with Gasteiger partial charge in [-0.2, -0.15) is 4.31 Å². The number of hydrogen-bond acceptors (Lipinski definition) is 3. The quantitative estimate of drug-likeness (QED) is 0.784. The molecule has 0 atom stereocenters. The summed E-state index contributed by atoms with van der Waals surface area (Å²) in [4.78, 5) is 12.2. The maximum Gasteiger partial charge on any atom is 0.218 e. The van der Waals surface area contributed by atoms with E-state index in [-0.39, 0.29) is 5.75 Å². The van der Waals surface area contributed by atoms with Gasteiger partial charge in [0, 0.05) is 26.2 Å². The number of amides is 1. The number of sulfonamides is 1. The Morgan fingerprint density at radius 1 is 1.10 bits per heavy atom. The van der Waals surface area contributed by atoms with E-state index in [1.54, 1.807) is 23.1 Å². The third-order valence-corrected chi connectivity index (χ3v) is 5.74. The lowest BCUT2D eigenvalue weighted by Crippen LogP contribution is -2.48. The number of benzene rings is 1. The highest BCUT2D eigenvalue weighted by molar-refractivity contribution is 7.88. The van der Waals surface area contributed by atoms with Gasteiger partial charge in [-0.3, -0.25) is 4.79 Å². The zero-order chi connectivity index (χ0) is 14.8. The number of piperazine rings is 1. The maximum atomic E-state index is 12.3. The fourth-order valence-corrected chi connectivity index (χ4v) is 3.84. The van der Waals surface area contributed by atoms with E-state index in [1.807, 2.05) is 0 Å². The van der Waals surface area contributed by atoms with Crippen molar-refractivity contribution in [3.8, 4) is 0 Å². The Morgan fingerprint density at radius 2 is 1.75 bits per heavy atom. The average Bonchev–Trinajstić information content (AvgIpc) is 2.43. The molecule has 0 bridgehead atoms. The molecule has 0 spiro atoms. The number of carbonyl (C=O) groups excluding carboxylic acids is 1. The van der Waals surface area contributed by atoms with Gasteiger partial charge >= 0.3 is 0 Å². The summed E-state index contributed by atoms with van der Waals surface area (Å²) in [6, 6.07) is 4.79. The van der Waals surface area contributed by atoms with Crippen LogP contribution in [0.3, 0.4) is 0 Å². The Bertz CT molecular complexity index is 599. The van der Waals surface area contributed by atoms with E-state index in [4.69, 9.17) is 23.2 Å². The van der Waals surface area contributed by atoms with Gasteiger partial charge in [-0.05, 0) is 17.7 Å². The number of rotatable bonds is 4. The molecule has 1 heterocycles. The number of hydrogen-bond donors (Lipinski definition) is 0. The fraction of sp³-hybridized carbons (Fsp3) is 0.417. The van der Waals surface area contributed by atoms with Gasteiger partial charge in [-0.25, -0.2) is 8.42 Å². The lowest BCUT2D eigenvalue weighted by molar-refractivity contribution is -0.119. The summed E-state index contributed by atoms with van der Waals surface area (Å²) >= 11 is 11.7. The molecule has 1 fully saturated rings. The molecule has 0 saturated carbocycles. The second-order valence-electron chi connectivity index (χ2n) is 4.55. The Labute approximate surface area is 128 Å². The van der Waals surface area contributed by atoms with E-state index < -0.39 is 10.0 Å². The van der Waals surface area contributed by atoms with Crippen LogP contribution in [0.15, 0.2) is 18.2 Å². The largest absolute Gasteiger partial charge is 0.343 e. The molecule has 0 unspecified atom stereocenters. The van der Waals surface area contributed by atoms with Crippen molar-refractivity contribution in [3.05, 3.63) is 33.8 Å². The second-order valence-corrected chi connectivity index (χ2v) is 7.33. The van der Waals surface area contributed by atoms with Crippen molar-refractivity contribution in [2.24, 2.45) is 0 Å². The van der Waals surface area contributed by atoms with Gasteiger partial charge < -0.3 is 4.90 Å². The summed E-state index contributed by atoms with van der Waals surface area (Å²) in [7, 11) is -3.41. The molecule has 0 aromatic heterocycles. The minimum Gasteiger partial charge on any atom is -0.343 e. The fourth-order valence-electron chi connectivity index (χ4n) is 2.02. The van der Waals surface area contributed by atoms with Crippen molar-refractivity contribution in [1.29, 1.82) is 0 Å². The molecule has 1 aliphatic rings. The zero-order valence-electron chi connectivity index (χ0n) is 10.6. The highest BCUT2D eigenvalue weighted by atomic mass is 35.5. The van der Waals surface area contributed by atoms with Crippen LogP contribution in [0.25, 0.3) is 0 Å². The molecule has 20 heavy (non-hydrogen) atoms. The molecule has 0 radical (unpaired) electrons. The minimum atomic E-state index is -3.41. The lowest BCUT2D eigenvalue weighted by Gasteiger charge is -2.31. The van der Waals surface area contributed by atoms with Crippen LogP contribution in [0, 0.1) is 0 Å². The van der Waals surface area contributed by atoms with Crippen LogP contribution in [0.1, 0.15) is 5.56 Å². The molecular weight excluding hydrogens is 323 g/mol. The number of carbonyl (C=O) groups is 1. The highest BCUT2D eigenvalue weighted by Crippen LogP contribution is 2.24. The number of halogens is 2. The average molecular weight is 337 g/mol. The van der Waals surface area contributed by atoms with Crippen LogP contribution >= 0.6 is 23.2 Å². The summed E-state index contributed by atoms with van der Waals surface area (Å²) < 4.78 is 26.0. The van der Waals surface area contributed by atoms with Gasteiger partial charge in [0.25, 0.3) is 0 Å². The first-order valence-electron chi connectivity index (χ1n) is 6.03. The first-order chi connectivity index (χ1) is 9.42. The molecule has 8 heteroatoms. The molecule has 1 amide bonds. The van der Waals surface area contributed by atoms with Gasteiger partial charge in [0.05, 0.1) is 15.8 Å². The van der Waals surface area contributed by atoms with Gasteiger partial charge in [-0.1, -0.05) is 29.3 Å². The van der Waals surface area contributed by atoms with E-state index in [1.165, 1.54) is 4.31 Å². The topological polar surface area (TPSA) is 57.7 Å². The summed E-state index contributed by atoms with van der Waals surface area (Å²) in [5.41, 5.74) is 0.595. The van der Waals surface area contributed by atoms with E-state index in [0.717, 1.165) is 6.41 Å². The summed E-state index contributed by atoms with van der Waals surface area (Å²) in [5, 5.41) is 0.734. The molecule has 1 aromatic rings. The molecule has 1 aromatic carbocycles. The molecule has 1 aliphatic heterocycles. The van der Waals surface area contributed by atoms with Crippen molar-refractivity contribution in [2.45, 2.75) is 5.75 Å². The standard InChI is InChI=1S/C12H14Cl2N2O3S/c13-11-2-1-10(7-12(11)14)8-20(18,19)16-5-3-15(9-17)4-6-16/h1-2,7,9H,3-6,8H2. The van der Waals surface area contributed by atoms with Crippen LogP contribution in [-0.4, -0.2) is 50.2 Å². The molecule has 0 N–H and O–H groups in total. The van der Waals surface area contributed by atoms with Crippen LogP contribution in [0.4, 0.5) is 0 Å². The number of nitrogens with zero attached hydrogens (tertiary/aromatic N) is 2. The first-order valence-corrected chi connectivity index (χ1v) is 8.40. The Kier molecular flexibility index (Phi) is 4.90. The van der Waals surface area contributed by atoms with Crippen LogP contribution < -0.4 is 0 Å². The monoisotopic (exact) mass is 336 g/mol. The van der Waals surface area contributed by atoms with Crippen LogP contribution in [-0.2, 0) is 20.6 Å². The third-order valence-electron chi connectivity index (χ3n) is 3.15. The summed E-state index contributed by atoms with van der Waals surface area (Å²) in [6.45, 7) is 1.49. The minimum absolute atomic E-state index is 0.120. The lowest BCUT2D eigenvalue weighted by atomic mass is 10.2. The predicted molar refractivity (Wildman–Crippen MR) is 78.3 cm³/mol. The van der Waals surface area contributed by atoms with Gasteiger partial charge in [0.1, 0.15) is 0 Å². The molecule has 2 rings (SSSR count). The van der Waals surface area contributed by atoms with Crippen LogP contribution in [0.2, 0.25) is 10.0 Å². The Morgan fingerprint density at radius 3 is 2.30 bits per heavy atom. The molecule has 0 aliphatic carbocycles.